The number of fused-ring (bicyclic) bond motifs is 1. The van der Waals surface area contributed by atoms with Gasteiger partial charge in [-0.05, 0) is 48.4 Å². The van der Waals surface area contributed by atoms with E-state index in [2.05, 4.69) is 91.0 Å². The first-order valence-corrected chi connectivity index (χ1v) is 10.8. The molecule has 0 amide bonds. The fourth-order valence-electron chi connectivity index (χ4n) is 4.93. The van der Waals surface area contributed by atoms with Crippen molar-refractivity contribution in [2.45, 2.75) is 27.2 Å². The van der Waals surface area contributed by atoms with Crippen LogP contribution in [0.3, 0.4) is 0 Å². The van der Waals surface area contributed by atoms with Gasteiger partial charge in [0.15, 0.2) is 5.65 Å². The highest BCUT2D eigenvalue weighted by Crippen LogP contribution is 2.38. The summed E-state index contributed by atoms with van der Waals surface area (Å²) in [5, 5.41) is 1.14. The molecule has 0 bridgehead atoms. The van der Waals surface area contributed by atoms with Crippen molar-refractivity contribution in [1.29, 1.82) is 0 Å². The lowest BCUT2D eigenvalue weighted by Crippen LogP contribution is -2.39. The molecule has 0 unspecified atom stereocenters. The van der Waals surface area contributed by atoms with Gasteiger partial charge in [-0.3, -0.25) is 0 Å². The van der Waals surface area contributed by atoms with Crippen LogP contribution in [0.2, 0.25) is 0 Å². The molecule has 1 saturated heterocycles. The zero-order valence-corrected chi connectivity index (χ0v) is 17.9. The van der Waals surface area contributed by atoms with E-state index in [-0.39, 0.29) is 0 Å². The van der Waals surface area contributed by atoms with Crippen molar-refractivity contribution in [3.8, 4) is 16.8 Å². The second-order valence-corrected chi connectivity index (χ2v) is 8.86. The molecule has 0 aliphatic carbocycles. The van der Waals surface area contributed by atoms with Crippen LogP contribution in [-0.2, 0) is 0 Å². The van der Waals surface area contributed by atoms with Gasteiger partial charge in [-0.15, -0.1) is 0 Å². The van der Waals surface area contributed by atoms with E-state index in [1.54, 1.807) is 6.33 Å². The first-order chi connectivity index (χ1) is 14.6. The summed E-state index contributed by atoms with van der Waals surface area (Å²) in [7, 11) is 0. The van der Waals surface area contributed by atoms with Crippen LogP contribution in [0.4, 0.5) is 5.82 Å². The molecule has 4 nitrogen and oxygen atoms in total. The summed E-state index contributed by atoms with van der Waals surface area (Å²) in [5.41, 5.74) is 5.72. The van der Waals surface area contributed by atoms with E-state index in [0.29, 0.717) is 11.8 Å². The molecule has 30 heavy (non-hydrogen) atoms. The number of aryl methyl sites for hydroxylation is 1. The lowest BCUT2D eigenvalue weighted by molar-refractivity contribution is 0.356. The third-order valence-corrected chi connectivity index (χ3v) is 6.10. The van der Waals surface area contributed by atoms with Crippen molar-refractivity contribution >= 4 is 16.9 Å². The Bertz CT molecular complexity index is 1170. The fraction of sp³-hybridized carbons (Fsp3) is 0.308. The minimum atomic E-state index is 0.665. The first-order valence-electron chi connectivity index (χ1n) is 10.8. The van der Waals surface area contributed by atoms with Crippen LogP contribution in [0.1, 0.15) is 25.8 Å². The Labute approximate surface area is 178 Å². The highest BCUT2D eigenvalue weighted by atomic mass is 15.2. The number of hydrogen-bond donors (Lipinski definition) is 0. The molecule has 4 aromatic rings. The van der Waals surface area contributed by atoms with E-state index in [0.717, 1.165) is 35.6 Å². The van der Waals surface area contributed by atoms with Gasteiger partial charge in [-0.1, -0.05) is 56.3 Å². The first kappa shape index (κ1) is 18.9. The van der Waals surface area contributed by atoms with Crippen LogP contribution in [0, 0.1) is 18.8 Å². The molecular formula is C26H28N4. The monoisotopic (exact) mass is 396 g/mol. The van der Waals surface area contributed by atoms with Crippen molar-refractivity contribution in [2.24, 2.45) is 11.8 Å². The molecule has 152 valence electrons. The lowest BCUT2D eigenvalue weighted by Gasteiger charge is -2.36. The van der Waals surface area contributed by atoms with Crippen molar-refractivity contribution in [3.63, 3.8) is 0 Å². The Morgan fingerprint density at radius 1 is 0.900 bits per heavy atom. The van der Waals surface area contributed by atoms with Gasteiger partial charge >= 0.3 is 0 Å². The summed E-state index contributed by atoms with van der Waals surface area (Å²) < 4.78 is 2.21. The SMILES string of the molecule is Cc1cccc(-n2cc(-c3ccccc3)c3c(N4C[C@H](C)C[C@@H](C)C4)ncnc32)c1. The quantitative estimate of drug-likeness (QED) is 0.434. The molecular weight excluding hydrogens is 368 g/mol. The summed E-state index contributed by atoms with van der Waals surface area (Å²) in [6, 6.07) is 19.2. The van der Waals surface area contributed by atoms with Crippen LogP contribution < -0.4 is 4.90 Å². The zero-order chi connectivity index (χ0) is 20.7. The van der Waals surface area contributed by atoms with Gasteiger partial charge in [0.05, 0.1) is 5.39 Å². The molecule has 0 spiro atoms. The molecule has 1 aliphatic rings. The van der Waals surface area contributed by atoms with Crippen LogP contribution in [0.15, 0.2) is 67.1 Å². The van der Waals surface area contributed by atoms with Crippen LogP contribution in [0.5, 0.6) is 0 Å². The molecule has 0 radical (unpaired) electrons. The van der Waals surface area contributed by atoms with Crippen molar-refractivity contribution in [3.05, 3.63) is 72.7 Å². The van der Waals surface area contributed by atoms with E-state index in [4.69, 9.17) is 9.97 Å². The summed E-state index contributed by atoms with van der Waals surface area (Å²) in [5.74, 6) is 2.39. The Hall–Kier alpha value is -3.14. The maximum absolute atomic E-state index is 4.81. The van der Waals surface area contributed by atoms with E-state index in [1.807, 2.05) is 0 Å². The molecule has 2 aromatic heterocycles. The summed E-state index contributed by atoms with van der Waals surface area (Å²) in [6.07, 6.45) is 5.23. The van der Waals surface area contributed by atoms with Gasteiger partial charge in [0, 0.05) is 30.5 Å². The molecule has 5 rings (SSSR count). The highest BCUT2D eigenvalue weighted by Gasteiger charge is 2.26. The predicted octanol–water partition coefficient (Wildman–Crippen LogP) is 5.88. The van der Waals surface area contributed by atoms with Crippen LogP contribution in [-0.4, -0.2) is 27.6 Å². The van der Waals surface area contributed by atoms with Crippen LogP contribution in [0.25, 0.3) is 27.8 Å². The number of aromatic nitrogens is 3. The van der Waals surface area contributed by atoms with Crippen molar-refractivity contribution < 1.29 is 0 Å². The minimum absolute atomic E-state index is 0.665. The Morgan fingerprint density at radius 3 is 2.40 bits per heavy atom. The third-order valence-electron chi connectivity index (χ3n) is 6.10. The standard InChI is InChI=1S/C26H28N4/c1-18-8-7-11-22(13-18)30-16-23(21-9-5-4-6-10-21)24-25(27-17-28-26(24)30)29-14-19(2)12-20(3)15-29/h4-11,13,16-17,19-20H,12,14-15H2,1-3H3/t19-,20-/m1/s1. The summed E-state index contributed by atoms with van der Waals surface area (Å²) in [4.78, 5) is 12.0. The van der Waals surface area contributed by atoms with E-state index >= 15 is 0 Å². The van der Waals surface area contributed by atoms with Crippen molar-refractivity contribution in [1.82, 2.24) is 14.5 Å². The fourth-order valence-corrected chi connectivity index (χ4v) is 4.93. The van der Waals surface area contributed by atoms with E-state index < -0.39 is 0 Å². The average Bonchev–Trinajstić information content (AvgIpc) is 3.13. The molecule has 2 aromatic carbocycles. The summed E-state index contributed by atoms with van der Waals surface area (Å²) >= 11 is 0. The molecule has 2 atom stereocenters. The number of benzene rings is 2. The topological polar surface area (TPSA) is 34.0 Å². The number of hydrogen-bond acceptors (Lipinski definition) is 3. The maximum Gasteiger partial charge on any atom is 0.150 e. The predicted molar refractivity (Wildman–Crippen MR) is 124 cm³/mol. The molecule has 3 heterocycles. The number of nitrogens with zero attached hydrogens (tertiary/aromatic N) is 4. The van der Waals surface area contributed by atoms with Gasteiger partial charge in [-0.25, -0.2) is 9.97 Å². The van der Waals surface area contributed by atoms with Gasteiger partial charge in [0.2, 0.25) is 0 Å². The molecule has 4 heteroatoms. The van der Waals surface area contributed by atoms with Crippen LogP contribution >= 0.6 is 0 Å². The largest absolute Gasteiger partial charge is 0.355 e. The van der Waals surface area contributed by atoms with Gasteiger partial charge < -0.3 is 9.47 Å². The Balaban J connectivity index is 1.76. The third kappa shape index (κ3) is 3.36. The van der Waals surface area contributed by atoms with Gasteiger partial charge in [-0.2, -0.15) is 0 Å². The molecule has 0 saturated carbocycles. The van der Waals surface area contributed by atoms with Gasteiger partial charge in [0.1, 0.15) is 12.1 Å². The number of piperidine rings is 1. The zero-order valence-electron chi connectivity index (χ0n) is 17.9. The normalized spacial score (nSPS) is 19.4. The van der Waals surface area contributed by atoms with Gasteiger partial charge in [0.25, 0.3) is 0 Å². The van der Waals surface area contributed by atoms with E-state index in [9.17, 15) is 0 Å². The maximum atomic E-state index is 4.81. The lowest BCUT2D eigenvalue weighted by atomic mass is 9.91. The second-order valence-electron chi connectivity index (χ2n) is 8.86. The van der Waals surface area contributed by atoms with E-state index in [1.165, 1.54) is 23.1 Å². The summed E-state index contributed by atoms with van der Waals surface area (Å²) in [6.45, 7) is 8.90. The van der Waals surface area contributed by atoms with Crippen molar-refractivity contribution in [2.75, 3.05) is 18.0 Å². The number of rotatable bonds is 3. The molecule has 1 fully saturated rings. The smallest absolute Gasteiger partial charge is 0.150 e. The minimum Gasteiger partial charge on any atom is -0.355 e. The number of anilines is 1. The average molecular weight is 397 g/mol. The Morgan fingerprint density at radius 2 is 1.67 bits per heavy atom. The molecule has 0 N–H and O–H groups in total. The molecule has 1 aliphatic heterocycles. The Kier molecular flexibility index (Phi) is 4.78. The second kappa shape index (κ2) is 7.60. The highest BCUT2D eigenvalue weighted by molar-refractivity contribution is 6.02.